The van der Waals surface area contributed by atoms with Crippen LogP contribution in [0.5, 0.6) is 0 Å². The van der Waals surface area contributed by atoms with Crippen LogP contribution in [-0.4, -0.2) is 65.8 Å². The van der Waals surface area contributed by atoms with E-state index in [-0.39, 0.29) is 11.7 Å². The molecule has 0 radical (unpaired) electrons. The van der Waals surface area contributed by atoms with Gasteiger partial charge < -0.3 is 21.1 Å². The number of fused-ring (bicyclic) bond motifs is 1. The first-order valence-corrected chi connectivity index (χ1v) is 16.0. The number of carbonyl (C=O) groups is 2. The van der Waals surface area contributed by atoms with Crippen molar-refractivity contribution in [3.05, 3.63) is 59.3 Å². The Kier molecular flexibility index (Phi) is 10.2. The number of nitrogens with zero attached hydrogens (tertiary/aromatic N) is 1. The van der Waals surface area contributed by atoms with Gasteiger partial charge in [-0.15, -0.1) is 0 Å². The van der Waals surface area contributed by atoms with Crippen molar-refractivity contribution in [2.45, 2.75) is 70.1 Å². The minimum atomic E-state index is -5.08. The zero-order valence-corrected chi connectivity index (χ0v) is 24.7. The van der Waals surface area contributed by atoms with Gasteiger partial charge in [0.2, 0.25) is 10.0 Å². The lowest BCUT2D eigenvalue weighted by molar-refractivity contribution is -0.192. The molecule has 0 bridgehead atoms. The molecule has 0 atom stereocenters. The van der Waals surface area contributed by atoms with Crippen LogP contribution in [0, 0.1) is 0 Å². The van der Waals surface area contributed by atoms with Gasteiger partial charge in [0.1, 0.15) is 0 Å². The molecule has 9 nitrogen and oxygen atoms in total. The van der Waals surface area contributed by atoms with Crippen LogP contribution in [0.15, 0.2) is 42.6 Å². The fourth-order valence-corrected chi connectivity index (χ4v) is 6.92. The molecule has 3 aromatic rings. The average Bonchev–Trinajstić information content (AvgIpc) is 3.66. The van der Waals surface area contributed by atoms with Crippen molar-refractivity contribution in [3.63, 3.8) is 0 Å². The molecule has 2 fully saturated rings. The molecule has 5 N–H and O–H groups in total. The highest BCUT2D eigenvalue weighted by molar-refractivity contribution is 7.89. The Hall–Kier alpha value is -3.42. The van der Waals surface area contributed by atoms with Crippen LogP contribution in [0.1, 0.15) is 72.9 Å². The Morgan fingerprint density at radius 3 is 2.19 bits per heavy atom. The van der Waals surface area contributed by atoms with E-state index in [1.807, 2.05) is 12.3 Å². The Labute approximate surface area is 248 Å². The van der Waals surface area contributed by atoms with Crippen LogP contribution in [0.25, 0.3) is 22.0 Å². The number of hydrogen-bond acceptors (Lipinski definition) is 5. The fraction of sp³-hybridized carbons (Fsp3) is 0.467. The first-order valence-electron chi connectivity index (χ1n) is 14.4. The molecule has 1 saturated carbocycles. The molecule has 1 saturated heterocycles. The van der Waals surface area contributed by atoms with Crippen LogP contribution < -0.4 is 11.1 Å². The zero-order valence-electron chi connectivity index (χ0n) is 23.9. The number of nitrogens with one attached hydrogen (secondary N) is 2. The molecule has 1 aromatic heterocycles. The van der Waals surface area contributed by atoms with Crippen molar-refractivity contribution in [1.29, 1.82) is 0 Å². The van der Waals surface area contributed by atoms with E-state index in [1.165, 1.54) is 31.2 Å². The van der Waals surface area contributed by atoms with Crippen molar-refractivity contribution in [2.24, 2.45) is 5.73 Å². The maximum Gasteiger partial charge on any atom is 0.490 e. The lowest BCUT2D eigenvalue weighted by Gasteiger charge is -2.31. The van der Waals surface area contributed by atoms with Gasteiger partial charge in [-0.2, -0.15) is 13.2 Å². The summed E-state index contributed by atoms with van der Waals surface area (Å²) in [7, 11) is -3.17. The first-order chi connectivity index (χ1) is 20.3. The number of carboxylic acids is 1. The summed E-state index contributed by atoms with van der Waals surface area (Å²) in [6, 6.07) is 13.1. The maximum absolute atomic E-state index is 12.4. The second kappa shape index (κ2) is 13.5. The van der Waals surface area contributed by atoms with Crippen molar-refractivity contribution < 1.29 is 36.3 Å². The fourth-order valence-electron chi connectivity index (χ4n) is 5.79. The molecule has 2 aromatic carbocycles. The molecule has 2 aliphatic rings. The van der Waals surface area contributed by atoms with E-state index in [4.69, 9.17) is 15.6 Å². The van der Waals surface area contributed by atoms with E-state index >= 15 is 0 Å². The van der Waals surface area contributed by atoms with Crippen LogP contribution in [0.2, 0.25) is 0 Å². The summed E-state index contributed by atoms with van der Waals surface area (Å²) < 4.78 is 57.9. The van der Waals surface area contributed by atoms with E-state index in [0.717, 1.165) is 47.0 Å². The normalized spacial score (nSPS) is 17.1. The van der Waals surface area contributed by atoms with E-state index in [9.17, 15) is 26.4 Å². The molecule has 1 amide bonds. The highest BCUT2D eigenvalue weighted by atomic mass is 32.2. The smallest absolute Gasteiger partial charge is 0.475 e. The summed E-state index contributed by atoms with van der Waals surface area (Å²) >= 11 is 0. The second-order valence-electron chi connectivity index (χ2n) is 11.0. The minimum Gasteiger partial charge on any atom is -0.475 e. The SMILES string of the molecule is CCS(=O)(=O)N1CCC(c2c[nH]c3c(C(N)=O)cc(-c4ccc(CNC5CCCC5)cc4)cc23)CC1.O=C(O)C(F)(F)F. The number of halogens is 3. The number of carboxylic acid groups (broad SMARTS) is 1. The number of rotatable bonds is 8. The first kappa shape index (κ1) is 32.5. The number of H-pyrrole nitrogens is 1. The minimum absolute atomic E-state index is 0.130. The monoisotopic (exact) mass is 622 g/mol. The maximum atomic E-state index is 12.4. The Morgan fingerprint density at radius 2 is 1.65 bits per heavy atom. The van der Waals surface area contributed by atoms with Gasteiger partial charge in [-0.05, 0) is 72.9 Å². The van der Waals surface area contributed by atoms with E-state index in [0.29, 0.717) is 24.7 Å². The number of benzene rings is 2. The summed E-state index contributed by atoms with van der Waals surface area (Å²) in [5, 5.41) is 11.8. The van der Waals surface area contributed by atoms with Crippen LogP contribution in [-0.2, 0) is 21.4 Å². The number of aliphatic carboxylic acids is 1. The number of aromatic nitrogens is 1. The summed E-state index contributed by atoms with van der Waals surface area (Å²) in [5.41, 5.74) is 11.4. The second-order valence-corrected chi connectivity index (χ2v) is 13.2. The predicted octanol–water partition coefficient (Wildman–Crippen LogP) is 5.13. The summed E-state index contributed by atoms with van der Waals surface area (Å²) in [6.07, 6.45) is 3.56. The third kappa shape index (κ3) is 7.95. The van der Waals surface area contributed by atoms with Gasteiger partial charge in [0.25, 0.3) is 5.91 Å². The zero-order chi connectivity index (χ0) is 31.4. The summed E-state index contributed by atoms with van der Waals surface area (Å²) in [5.74, 6) is -2.86. The van der Waals surface area contributed by atoms with Gasteiger partial charge in [0.15, 0.2) is 0 Å². The van der Waals surface area contributed by atoms with Gasteiger partial charge in [-0.3, -0.25) is 4.79 Å². The molecule has 0 unspecified atom stereocenters. The largest absolute Gasteiger partial charge is 0.490 e. The Balaban J connectivity index is 0.000000541. The number of amides is 1. The predicted molar refractivity (Wildman–Crippen MR) is 158 cm³/mol. The average molecular weight is 623 g/mol. The number of hydrogen-bond donors (Lipinski definition) is 4. The van der Waals surface area contributed by atoms with Crippen LogP contribution in [0.3, 0.4) is 0 Å². The van der Waals surface area contributed by atoms with E-state index in [2.05, 4.69) is 40.6 Å². The molecule has 43 heavy (non-hydrogen) atoms. The highest BCUT2D eigenvalue weighted by Gasteiger charge is 2.38. The lowest BCUT2D eigenvalue weighted by atomic mass is 9.88. The summed E-state index contributed by atoms with van der Waals surface area (Å²) in [4.78, 5) is 24.5. The lowest BCUT2D eigenvalue weighted by Crippen LogP contribution is -2.38. The molecule has 1 aliphatic carbocycles. The molecule has 13 heteroatoms. The number of nitrogens with two attached hydrogens (primary N) is 1. The highest BCUT2D eigenvalue weighted by Crippen LogP contribution is 2.37. The standard InChI is InChI=1S/C28H36N4O3S.C2HF3O2/c1-2-36(34,35)32-13-11-21(12-14-32)26-18-31-27-24(26)15-22(16-25(27)28(29)33)20-9-7-19(8-10-20)17-30-23-5-3-4-6-23;3-2(4,5)1(6)7/h7-10,15-16,18,21,23,30-31H,2-6,11-14,17H2,1H3,(H2,29,33);(H,6,7). The Morgan fingerprint density at radius 1 is 1.05 bits per heavy atom. The molecule has 234 valence electrons. The topological polar surface area (TPSA) is 146 Å². The number of aromatic amines is 1. The number of carbonyl (C=O) groups excluding carboxylic acids is 1. The van der Waals surface area contributed by atoms with Gasteiger partial charge >= 0.3 is 12.1 Å². The molecule has 1 aliphatic heterocycles. The number of primary amides is 1. The molecule has 0 spiro atoms. The van der Waals surface area contributed by atoms with Gasteiger partial charge in [-0.25, -0.2) is 17.5 Å². The van der Waals surface area contributed by atoms with Gasteiger partial charge in [0, 0.05) is 37.3 Å². The third-order valence-electron chi connectivity index (χ3n) is 8.22. The van der Waals surface area contributed by atoms with Crippen molar-refractivity contribution in [1.82, 2.24) is 14.6 Å². The van der Waals surface area contributed by atoms with Crippen LogP contribution >= 0.6 is 0 Å². The van der Waals surface area contributed by atoms with Crippen molar-refractivity contribution in [2.75, 3.05) is 18.8 Å². The number of piperidine rings is 1. The van der Waals surface area contributed by atoms with Crippen molar-refractivity contribution in [3.8, 4) is 11.1 Å². The quantitative estimate of drug-likeness (QED) is 0.274. The number of alkyl halides is 3. The number of sulfonamides is 1. The van der Waals surface area contributed by atoms with Gasteiger partial charge in [-0.1, -0.05) is 37.1 Å². The molecule has 2 heterocycles. The van der Waals surface area contributed by atoms with Crippen LogP contribution in [0.4, 0.5) is 13.2 Å². The molecule has 5 rings (SSSR count). The van der Waals surface area contributed by atoms with Gasteiger partial charge in [0.05, 0.1) is 16.8 Å². The Bertz CT molecular complexity index is 1540. The third-order valence-corrected chi connectivity index (χ3v) is 10.1. The summed E-state index contributed by atoms with van der Waals surface area (Å²) in [6.45, 7) is 3.59. The molecular weight excluding hydrogens is 585 g/mol. The molecular formula is C30H37F3N4O5S. The van der Waals surface area contributed by atoms with E-state index in [1.54, 1.807) is 11.2 Å². The van der Waals surface area contributed by atoms with Crippen molar-refractivity contribution >= 4 is 32.8 Å². The van der Waals surface area contributed by atoms with E-state index < -0.39 is 28.1 Å².